The van der Waals surface area contributed by atoms with Gasteiger partial charge in [-0.25, -0.2) is 4.52 Å². The molecule has 0 aliphatic heterocycles. The van der Waals surface area contributed by atoms with Crippen LogP contribution >= 0.6 is 15.9 Å². The minimum absolute atomic E-state index is 0.185. The highest BCUT2D eigenvalue weighted by Gasteiger charge is 2.30. The second-order valence-electron chi connectivity index (χ2n) is 4.65. The molecule has 0 spiro atoms. The minimum atomic E-state index is 0.185. The van der Waals surface area contributed by atoms with E-state index in [1.54, 1.807) is 10.7 Å². The van der Waals surface area contributed by atoms with E-state index in [1.165, 1.54) is 12.8 Å². The summed E-state index contributed by atoms with van der Waals surface area (Å²) < 4.78 is 8.56. The van der Waals surface area contributed by atoms with Gasteiger partial charge in [0, 0.05) is 10.7 Å². The fourth-order valence-corrected chi connectivity index (χ4v) is 2.49. The molecule has 0 radical (unpaired) electrons. The molecule has 0 N–H and O–H groups in total. The number of nitrogens with zero attached hydrogens (tertiary/aromatic N) is 3. The fourth-order valence-electron chi connectivity index (χ4n) is 2.09. The van der Waals surface area contributed by atoms with E-state index in [1.807, 2.05) is 12.3 Å². The lowest BCUT2D eigenvalue weighted by Gasteiger charge is -2.15. The van der Waals surface area contributed by atoms with Crippen LogP contribution in [0.4, 0.5) is 0 Å². The first-order valence-electron chi connectivity index (χ1n) is 5.92. The summed E-state index contributed by atoms with van der Waals surface area (Å²) >= 11 is 3.43. The SMILES string of the molecule is CC(Oc1cc(Br)cn2ncc(C#N)c12)C1CC1. The number of ether oxygens (including phenoxy) is 1. The molecule has 1 saturated carbocycles. The average Bonchev–Trinajstić information content (AvgIpc) is 3.10. The van der Waals surface area contributed by atoms with E-state index in [2.05, 4.69) is 34.0 Å². The zero-order chi connectivity index (χ0) is 12.7. The van der Waals surface area contributed by atoms with Gasteiger partial charge < -0.3 is 4.74 Å². The highest BCUT2D eigenvalue weighted by Crippen LogP contribution is 2.36. The van der Waals surface area contributed by atoms with Crippen LogP contribution in [0.2, 0.25) is 0 Å². The van der Waals surface area contributed by atoms with Gasteiger partial charge in [0.1, 0.15) is 22.9 Å². The Labute approximate surface area is 113 Å². The van der Waals surface area contributed by atoms with Crippen LogP contribution in [0, 0.1) is 17.2 Å². The molecule has 0 bridgehead atoms. The van der Waals surface area contributed by atoms with Gasteiger partial charge in [0.05, 0.1) is 12.3 Å². The van der Waals surface area contributed by atoms with E-state index in [9.17, 15) is 0 Å². The summed E-state index contributed by atoms with van der Waals surface area (Å²) in [4.78, 5) is 0. The van der Waals surface area contributed by atoms with E-state index in [0.717, 1.165) is 15.7 Å². The zero-order valence-corrected chi connectivity index (χ0v) is 11.5. The fraction of sp³-hybridized carbons (Fsp3) is 0.385. The molecule has 1 atom stereocenters. The first-order chi connectivity index (χ1) is 8.69. The van der Waals surface area contributed by atoms with E-state index in [4.69, 9.17) is 10.00 Å². The number of halogens is 1. The van der Waals surface area contributed by atoms with Gasteiger partial charge >= 0.3 is 0 Å². The monoisotopic (exact) mass is 305 g/mol. The van der Waals surface area contributed by atoms with Gasteiger partial charge in [-0.2, -0.15) is 10.4 Å². The van der Waals surface area contributed by atoms with E-state index in [0.29, 0.717) is 11.5 Å². The van der Waals surface area contributed by atoms with Crippen molar-refractivity contribution in [2.75, 3.05) is 0 Å². The molecule has 2 aromatic heterocycles. The summed E-state index contributed by atoms with van der Waals surface area (Å²) in [5, 5.41) is 13.3. The molecule has 2 aromatic rings. The van der Waals surface area contributed by atoms with Gasteiger partial charge in [-0.15, -0.1) is 0 Å². The number of hydrogen-bond donors (Lipinski definition) is 0. The summed E-state index contributed by atoms with van der Waals surface area (Å²) in [6.07, 6.45) is 6.04. The van der Waals surface area contributed by atoms with Crippen molar-refractivity contribution in [3.63, 3.8) is 0 Å². The molecule has 1 aliphatic rings. The van der Waals surface area contributed by atoms with Crippen LogP contribution in [-0.2, 0) is 0 Å². The van der Waals surface area contributed by atoms with Gasteiger partial charge in [-0.1, -0.05) is 0 Å². The Morgan fingerprint density at radius 1 is 1.61 bits per heavy atom. The number of aromatic nitrogens is 2. The molecule has 92 valence electrons. The Morgan fingerprint density at radius 3 is 3.06 bits per heavy atom. The first-order valence-corrected chi connectivity index (χ1v) is 6.72. The number of fused-ring (bicyclic) bond motifs is 1. The lowest BCUT2D eigenvalue weighted by molar-refractivity contribution is 0.199. The van der Waals surface area contributed by atoms with Crippen molar-refractivity contribution in [3.05, 3.63) is 28.5 Å². The number of nitriles is 1. The number of pyridine rings is 1. The highest BCUT2D eigenvalue weighted by molar-refractivity contribution is 9.10. The lowest BCUT2D eigenvalue weighted by Crippen LogP contribution is -2.14. The van der Waals surface area contributed by atoms with Crippen LogP contribution in [0.15, 0.2) is 22.9 Å². The van der Waals surface area contributed by atoms with E-state index < -0.39 is 0 Å². The van der Waals surface area contributed by atoms with Crippen molar-refractivity contribution in [3.8, 4) is 11.8 Å². The second-order valence-corrected chi connectivity index (χ2v) is 5.56. The van der Waals surface area contributed by atoms with Crippen molar-refractivity contribution >= 4 is 21.4 Å². The summed E-state index contributed by atoms with van der Waals surface area (Å²) in [5.74, 6) is 1.37. The molecule has 3 rings (SSSR count). The zero-order valence-electron chi connectivity index (χ0n) is 9.93. The van der Waals surface area contributed by atoms with E-state index in [-0.39, 0.29) is 6.10 Å². The largest absolute Gasteiger partial charge is 0.488 e. The smallest absolute Gasteiger partial charge is 0.147 e. The standard InChI is InChI=1S/C13H12BrN3O/c1-8(9-2-3-9)18-12-4-11(14)7-17-13(12)10(5-15)6-16-17/h4,6-9H,2-3H2,1H3. The predicted molar refractivity (Wildman–Crippen MR) is 70.4 cm³/mol. The predicted octanol–water partition coefficient (Wildman–Crippen LogP) is 3.15. The van der Waals surface area contributed by atoms with Crippen molar-refractivity contribution in [2.24, 2.45) is 5.92 Å². The van der Waals surface area contributed by atoms with Crippen LogP contribution in [-0.4, -0.2) is 15.7 Å². The van der Waals surface area contributed by atoms with Crippen molar-refractivity contribution in [2.45, 2.75) is 25.9 Å². The Kier molecular flexibility index (Phi) is 2.75. The lowest BCUT2D eigenvalue weighted by atomic mass is 10.2. The molecule has 1 unspecified atom stereocenters. The Bertz CT molecular complexity index is 639. The third kappa shape index (κ3) is 1.97. The van der Waals surface area contributed by atoms with Crippen molar-refractivity contribution in [1.29, 1.82) is 5.26 Å². The molecule has 0 saturated heterocycles. The molecule has 0 aromatic carbocycles. The molecule has 1 aliphatic carbocycles. The maximum atomic E-state index is 9.10. The van der Waals surface area contributed by atoms with Gasteiger partial charge in [0.2, 0.25) is 0 Å². The van der Waals surface area contributed by atoms with Gasteiger partial charge in [-0.05, 0) is 47.7 Å². The third-order valence-electron chi connectivity index (χ3n) is 3.26. The number of hydrogen-bond acceptors (Lipinski definition) is 3. The molecule has 5 heteroatoms. The molecule has 1 fully saturated rings. The average molecular weight is 306 g/mol. The van der Waals surface area contributed by atoms with Gasteiger partial charge in [-0.3, -0.25) is 0 Å². The topological polar surface area (TPSA) is 50.3 Å². The molecule has 2 heterocycles. The molecule has 18 heavy (non-hydrogen) atoms. The summed E-state index contributed by atoms with van der Waals surface area (Å²) in [7, 11) is 0. The number of rotatable bonds is 3. The molecular formula is C13H12BrN3O. The van der Waals surface area contributed by atoms with Crippen LogP contribution in [0.5, 0.6) is 5.75 Å². The van der Waals surface area contributed by atoms with Crippen molar-refractivity contribution in [1.82, 2.24) is 9.61 Å². The third-order valence-corrected chi connectivity index (χ3v) is 3.70. The van der Waals surface area contributed by atoms with Crippen LogP contribution in [0.3, 0.4) is 0 Å². The minimum Gasteiger partial charge on any atom is -0.488 e. The normalized spacial score (nSPS) is 16.5. The highest BCUT2D eigenvalue weighted by atomic mass is 79.9. The second kappa shape index (κ2) is 4.29. The van der Waals surface area contributed by atoms with Gasteiger partial charge in [0.25, 0.3) is 0 Å². The summed E-state index contributed by atoms with van der Waals surface area (Å²) in [6, 6.07) is 4.05. The molecule has 0 amide bonds. The van der Waals surface area contributed by atoms with Crippen LogP contribution in [0.1, 0.15) is 25.3 Å². The Hall–Kier alpha value is -1.54. The van der Waals surface area contributed by atoms with Gasteiger partial charge in [0.15, 0.2) is 0 Å². The first kappa shape index (κ1) is 11.5. The van der Waals surface area contributed by atoms with Crippen LogP contribution < -0.4 is 4.74 Å². The van der Waals surface area contributed by atoms with E-state index >= 15 is 0 Å². The quantitative estimate of drug-likeness (QED) is 0.875. The molecule has 4 nitrogen and oxygen atoms in total. The maximum Gasteiger partial charge on any atom is 0.147 e. The van der Waals surface area contributed by atoms with Crippen LogP contribution in [0.25, 0.3) is 5.52 Å². The van der Waals surface area contributed by atoms with Crippen molar-refractivity contribution < 1.29 is 4.74 Å². The Balaban J connectivity index is 2.07. The summed E-state index contributed by atoms with van der Waals surface area (Å²) in [6.45, 7) is 2.08. The Morgan fingerprint density at radius 2 is 2.39 bits per heavy atom. The molecular weight excluding hydrogens is 294 g/mol. The maximum absolute atomic E-state index is 9.10. The summed E-state index contributed by atoms with van der Waals surface area (Å²) in [5.41, 5.74) is 1.29.